The summed E-state index contributed by atoms with van der Waals surface area (Å²) in [5, 5.41) is 52.6. The van der Waals surface area contributed by atoms with Crippen molar-refractivity contribution in [2.24, 2.45) is 29.1 Å². The Bertz CT molecular complexity index is 1040. The molecule has 0 aromatic carbocycles. The van der Waals surface area contributed by atoms with Crippen LogP contribution in [0.1, 0.15) is 92.9 Å². The van der Waals surface area contributed by atoms with Crippen LogP contribution in [0.15, 0.2) is 36.0 Å². The second-order valence-corrected chi connectivity index (χ2v) is 14.5. The summed E-state index contributed by atoms with van der Waals surface area (Å²) in [6.45, 7) is 14.5. The Labute approximate surface area is 282 Å². The number of ether oxygens (including phenoxy) is 3. The zero-order chi connectivity index (χ0) is 36.1. The van der Waals surface area contributed by atoms with E-state index < -0.39 is 59.8 Å². The van der Waals surface area contributed by atoms with E-state index in [2.05, 4.69) is 6.58 Å². The number of methoxy groups -OCH3 is 3. The minimum absolute atomic E-state index is 0.0671. The van der Waals surface area contributed by atoms with Gasteiger partial charge < -0.3 is 39.7 Å². The van der Waals surface area contributed by atoms with E-state index in [0.29, 0.717) is 32.1 Å². The van der Waals surface area contributed by atoms with Crippen molar-refractivity contribution in [3.63, 3.8) is 0 Å². The molecule has 0 aromatic rings. The maximum absolute atomic E-state index is 13.4. The Morgan fingerprint density at radius 3 is 2.15 bits per heavy atom. The molecule has 1 aliphatic rings. The first-order valence-corrected chi connectivity index (χ1v) is 16.9. The van der Waals surface area contributed by atoms with Gasteiger partial charge in [-0.1, -0.05) is 37.6 Å². The summed E-state index contributed by atoms with van der Waals surface area (Å²) in [6, 6.07) is 0. The number of carbonyl (C=O) groups is 2. The number of carboxylic acids is 1. The molecule has 0 aliphatic heterocycles. The molecule has 0 bridgehead atoms. The molecule has 11 unspecified atom stereocenters. The van der Waals surface area contributed by atoms with E-state index >= 15 is 0 Å². The molecule has 5 N–H and O–H groups in total. The molecule has 47 heavy (non-hydrogen) atoms. The third kappa shape index (κ3) is 13.8. The lowest BCUT2D eigenvalue weighted by atomic mass is 9.82. The third-order valence-electron chi connectivity index (χ3n) is 9.86. The Kier molecular flexibility index (Phi) is 18.9. The van der Waals surface area contributed by atoms with Crippen LogP contribution in [0, 0.1) is 29.1 Å². The van der Waals surface area contributed by atoms with E-state index in [0.717, 1.165) is 17.6 Å². The van der Waals surface area contributed by atoms with Crippen LogP contribution in [0.5, 0.6) is 0 Å². The van der Waals surface area contributed by atoms with Crippen molar-refractivity contribution >= 4 is 11.8 Å². The van der Waals surface area contributed by atoms with Crippen LogP contribution in [0.25, 0.3) is 0 Å². The molecule has 0 heterocycles. The van der Waals surface area contributed by atoms with Crippen LogP contribution < -0.4 is 0 Å². The lowest BCUT2D eigenvalue weighted by molar-refractivity contribution is -0.153. The van der Waals surface area contributed by atoms with Gasteiger partial charge in [-0.2, -0.15) is 0 Å². The van der Waals surface area contributed by atoms with E-state index in [1.165, 1.54) is 14.2 Å². The van der Waals surface area contributed by atoms with Crippen LogP contribution in [0.3, 0.4) is 0 Å². The minimum Gasteiger partial charge on any atom is -0.481 e. The number of carboxylic acid groups (broad SMARTS) is 1. The van der Waals surface area contributed by atoms with Gasteiger partial charge in [0.15, 0.2) is 0 Å². The molecular formula is C37H64O10. The number of hydrogen-bond acceptors (Lipinski definition) is 9. The van der Waals surface area contributed by atoms with Gasteiger partial charge in [-0.3, -0.25) is 9.59 Å². The molecule has 0 spiro atoms. The summed E-state index contributed by atoms with van der Waals surface area (Å²) in [5.74, 6) is -1.92. The molecule has 1 rings (SSSR count). The van der Waals surface area contributed by atoms with Crippen LogP contribution in [0.2, 0.25) is 0 Å². The fourth-order valence-electron chi connectivity index (χ4n) is 6.65. The van der Waals surface area contributed by atoms with Gasteiger partial charge in [-0.15, -0.1) is 6.58 Å². The highest BCUT2D eigenvalue weighted by Crippen LogP contribution is 2.31. The third-order valence-corrected chi connectivity index (χ3v) is 9.86. The smallest absolute Gasteiger partial charge is 0.309 e. The van der Waals surface area contributed by atoms with Gasteiger partial charge in [0.05, 0.1) is 42.0 Å². The monoisotopic (exact) mass is 668 g/mol. The van der Waals surface area contributed by atoms with Crippen LogP contribution in [0.4, 0.5) is 0 Å². The second-order valence-electron chi connectivity index (χ2n) is 14.5. The van der Waals surface area contributed by atoms with Crippen molar-refractivity contribution in [1.29, 1.82) is 0 Å². The van der Waals surface area contributed by atoms with Crippen molar-refractivity contribution in [2.75, 3.05) is 21.3 Å². The second kappa shape index (κ2) is 20.6. The number of hydrogen-bond donors (Lipinski definition) is 5. The van der Waals surface area contributed by atoms with Crippen molar-refractivity contribution in [3.05, 3.63) is 36.0 Å². The number of aliphatic carboxylic acids is 1. The number of aliphatic hydroxyl groups is 4. The number of rotatable bonds is 22. The summed E-state index contributed by atoms with van der Waals surface area (Å²) in [5.41, 5.74) is 0.630. The topological polar surface area (TPSA) is 163 Å². The lowest BCUT2D eigenvalue weighted by Gasteiger charge is -2.33. The molecule has 0 radical (unpaired) electrons. The number of allylic oxidation sites excluding steroid dienone is 4. The molecule has 1 aliphatic carbocycles. The average molecular weight is 669 g/mol. The highest BCUT2D eigenvalue weighted by atomic mass is 16.5. The maximum Gasteiger partial charge on any atom is 0.309 e. The van der Waals surface area contributed by atoms with Crippen molar-refractivity contribution in [3.8, 4) is 0 Å². The summed E-state index contributed by atoms with van der Waals surface area (Å²) in [6.07, 6.45) is 4.22. The number of Topliss-reactive ketones (excluding diaryl/α,β-unsaturated/α-hetero) is 1. The predicted octanol–water partition coefficient (Wildman–Crippen LogP) is 4.87. The van der Waals surface area contributed by atoms with Gasteiger partial charge in [-0.25, -0.2) is 0 Å². The quantitative estimate of drug-likeness (QED) is 0.101. The molecule has 0 saturated heterocycles. The van der Waals surface area contributed by atoms with Crippen molar-refractivity contribution < 1.29 is 49.3 Å². The normalized spacial score (nSPS) is 24.8. The number of carbonyl (C=O) groups excluding carboxylic acids is 1. The van der Waals surface area contributed by atoms with Gasteiger partial charge in [0, 0.05) is 39.6 Å². The molecule has 0 aromatic heterocycles. The maximum atomic E-state index is 13.4. The first-order valence-electron chi connectivity index (χ1n) is 16.9. The van der Waals surface area contributed by atoms with Gasteiger partial charge in [0.25, 0.3) is 0 Å². The number of aliphatic hydroxyl groups excluding tert-OH is 4. The molecule has 11 atom stereocenters. The van der Waals surface area contributed by atoms with E-state index in [1.807, 2.05) is 32.9 Å². The summed E-state index contributed by atoms with van der Waals surface area (Å²) in [4.78, 5) is 25.0. The fourth-order valence-corrected chi connectivity index (χ4v) is 6.65. The summed E-state index contributed by atoms with van der Waals surface area (Å²) < 4.78 is 16.5. The Hall–Kier alpha value is -1.92. The van der Waals surface area contributed by atoms with E-state index in [9.17, 15) is 35.1 Å². The fraction of sp³-hybridized carbons (Fsp3) is 0.784. The Morgan fingerprint density at radius 2 is 1.62 bits per heavy atom. The highest BCUT2D eigenvalue weighted by molar-refractivity contribution is 5.83. The van der Waals surface area contributed by atoms with Gasteiger partial charge in [-0.05, 0) is 90.0 Å². The zero-order valence-corrected chi connectivity index (χ0v) is 30.2. The standard InChI is InChI=1S/C37H64O10/c1-11-12-27(16-22(2)15-23(3)17-32(46-9)35(42)33(47-10)21-37(6,7)36(43)44)30(40)20-29(39)25(5)34(41)24(4)18-26-13-14-28(38)31(19-26)45-8/h11,16,18,23,25-29,31-35,38-39,41-42H,1,12-15,17,19-21H2,2-10H3,(H,43,44). The van der Waals surface area contributed by atoms with E-state index in [1.54, 1.807) is 34.0 Å². The summed E-state index contributed by atoms with van der Waals surface area (Å²) in [7, 11) is 4.54. The van der Waals surface area contributed by atoms with Gasteiger partial charge in [0.2, 0.25) is 0 Å². The minimum atomic E-state index is -1.08. The van der Waals surface area contributed by atoms with Gasteiger partial charge >= 0.3 is 5.97 Å². The molecular weight excluding hydrogens is 604 g/mol. The van der Waals surface area contributed by atoms with E-state index in [4.69, 9.17) is 14.2 Å². The first-order chi connectivity index (χ1) is 21.9. The van der Waals surface area contributed by atoms with Crippen LogP contribution >= 0.6 is 0 Å². The number of ketones is 1. The van der Waals surface area contributed by atoms with Crippen molar-refractivity contribution in [2.45, 2.75) is 136 Å². The molecule has 1 fully saturated rings. The molecule has 1 saturated carbocycles. The molecule has 10 nitrogen and oxygen atoms in total. The van der Waals surface area contributed by atoms with Crippen molar-refractivity contribution in [1.82, 2.24) is 0 Å². The van der Waals surface area contributed by atoms with Crippen LogP contribution in [-0.2, 0) is 23.8 Å². The first kappa shape index (κ1) is 43.1. The summed E-state index contributed by atoms with van der Waals surface area (Å²) >= 11 is 0. The molecule has 272 valence electrons. The van der Waals surface area contributed by atoms with Crippen LogP contribution in [-0.4, -0.2) is 101 Å². The lowest BCUT2D eigenvalue weighted by Crippen LogP contribution is -2.44. The highest BCUT2D eigenvalue weighted by Gasteiger charge is 2.37. The zero-order valence-electron chi connectivity index (χ0n) is 30.2. The molecule has 0 amide bonds. The SMILES string of the molecule is C=CCC(C=C(C)CC(C)CC(OC)C(O)C(CC(C)(C)C(=O)O)OC)C(=O)CC(O)C(C)C(O)C(C)=CC1CCC(O)C(OC)C1. The van der Waals surface area contributed by atoms with E-state index in [-0.39, 0.29) is 36.6 Å². The Morgan fingerprint density at radius 1 is 1.00 bits per heavy atom. The van der Waals surface area contributed by atoms with Gasteiger partial charge in [0.1, 0.15) is 11.9 Å². The predicted molar refractivity (Wildman–Crippen MR) is 183 cm³/mol. The molecule has 10 heteroatoms. The largest absolute Gasteiger partial charge is 0.481 e. The average Bonchev–Trinajstić information content (AvgIpc) is 3.01. The Balaban J connectivity index is 2.86.